The van der Waals surface area contributed by atoms with E-state index in [1.807, 2.05) is 7.05 Å². The smallest absolute Gasteiger partial charge is 0.191 e. The highest BCUT2D eigenvalue weighted by Gasteiger charge is 2.24. The molecule has 0 bridgehead atoms. The van der Waals surface area contributed by atoms with Crippen molar-refractivity contribution in [2.45, 2.75) is 39.7 Å². The molecule has 0 saturated carbocycles. The van der Waals surface area contributed by atoms with Gasteiger partial charge in [0.15, 0.2) is 5.96 Å². The highest BCUT2D eigenvalue weighted by Crippen LogP contribution is 2.15. The van der Waals surface area contributed by atoms with Gasteiger partial charge in [-0.1, -0.05) is 20.8 Å². The van der Waals surface area contributed by atoms with E-state index in [1.54, 1.807) is 0 Å². The SMILES string of the molecule is CCCN1CCC(CNC(=NC)NCC(C(C)C)N2CCOCC2)C1.I. The summed E-state index contributed by atoms with van der Waals surface area (Å²) in [5, 5.41) is 7.09. The number of morpholine rings is 1. The Labute approximate surface area is 177 Å². The van der Waals surface area contributed by atoms with Crippen LogP contribution in [0.5, 0.6) is 0 Å². The average molecular weight is 481 g/mol. The van der Waals surface area contributed by atoms with Gasteiger partial charge >= 0.3 is 0 Å². The predicted molar refractivity (Wildman–Crippen MR) is 121 cm³/mol. The number of hydrogen-bond acceptors (Lipinski definition) is 4. The number of halogens is 1. The number of ether oxygens (including phenoxy) is 1. The zero-order valence-electron chi connectivity index (χ0n) is 17.2. The topological polar surface area (TPSA) is 52.1 Å². The lowest BCUT2D eigenvalue weighted by Crippen LogP contribution is -2.52. The summed E-state index contributed by atoms with van der Waals surface area (Å²) in [5.41, 5.74) is 0. The van der Waals surface area contributed by atoms with Crippen LogP contribution in [0.3, 0.4) is 0 Å². The molecule has 2 saturated heterocycles. The summed E-state index contributed by atoms with van der Waals surface area (Å²) in [7, 11) is 1.87. The molecule has 2 N–H and O–H groups in total. The lowest BCUT2D eigenvalue weighted by atomic mass is 10.0. The molecular weight excluding hydrogens is 441 g/mol. The molecule has 2 rings (SSSR count). The Kier molecular flexibility index (Phi) is 12.1. The minimum Gasteiger partial charge on any atom is -0.379 e. The van der Waals surface area contributed by atoms with E-state index in [1.165, 1.54) is 32.5 Å². The van der Waals surface area contributed by atoms with Gasteiger partial charge in [-0.2, -0.15) is 0 Å². The zero-order valence-corrected chi connectivity index (χ0v) is 19.5. The number of aliphatic imine (C=N–C) groups is 1. The Morgan fingerprint density at radius 3 is 2.54 bits per heavy atom. The van der Waals surface area contributed by atoms with E-state index in [0.717, 1.165) is 51.3 Å². The molecule has 26 heavy (non-hydrogen) atoms. The van der Waals surface area contributed by atoms with Crippen molar-refractivity contribution in [3.63, 3.8) is 0 Å². The van der Waals surface area contributed by atoms with E-state index in [-0.39, 0.29) is 24.0 Å². The first kappa shape index (κ1) is 23.9. The molecule has 154 valence electrons. The van der Waals surface area contributed by atoms with Crippen LogP contribution >= 0.6 is 24.0 Å². The number of nitrogens with zero attached hydrogens (tertiary/aromatic N) is 3. The first-order chi connectivity index (χ1) is 12.1. The van der Waals surface area contributed by atoms with E-state index in [4.69, 9.17) is 4.74 Å². The first-order valence-corrected chi connectivity index (χ1v) is 10.1. The lowest BCUT2D eigenvalue weighted by Gasteiger charge is -2.37. The van der Waals surface area contributed by atoms with Crippen LogP contribution in [0.15, 0.2) is 4.99 Å². The van der Waals surface area contributed by atoms with E-state index in [2.05, 4.69) is 46.2 Å². The molecular formula is C19H40IN5O. The van der Waals surface area contributed by atoms with Crippen molar-refractivity contribution in [1.29, 1.82) is 0 Å². The van der Waals surface area contributed by atoms with E-state index < -0.39 is 0 Å². The summed E-state index contributed by atoms with van der Waals surface area (Å²) in [6, 6.07) is 0.522. The van der Waals surface area contributed by atoms with Gasteiger partial charge in [0.2, 0.25) is 0 Å². The molecule has 0 aromatic carbocycles. The Balaban J connectivity index is 0.00000338. The summed E-state index contributed by atoms with van der Waals surface area (Å²) in [6.45, 7) is 16.3. The quantitative estimate of drug-likeness (QED) is 0.315. The minimum absolute atomic E-state index is 0. The molecule has 7 heteroatoms. The molecule has 0 radical (unpaired) electrons. The fourth-order valence-corrected chi connectivity index (χ4v) is 3.96. The number of hydrogen-bond donors (Lipinski definition) is 2. The number of likely N-dealkylation sites (tertiary alicyclic amines) is 1. The van der Waals surface area contributed by atoms with Gasteiger partial charge in [0.1, 0.15) is 0 Å². The Hall–Kier alpha value is -0.120. The molecule has 2 fully saturated rings. The summed E-state index contributed by atoms with van der Waals surface area (Å²) in [6.07, 6.45) is 2.55. The van der Waals surface area contributed by atoms with Crippen LogP contribution in [0.2, 0.25) is 0 Å². The van der Waals surface area contributed by atoms with Crippen molar-refractivity contribution in [3.05, 3.63) is 0 Å². The second kappa shape index (κ2) is 13.1. The van der Waals surface area contributed by atoms with Gasteiger partial charge in [-0.3, -0.25) is 9.89 Å². The van der Waals surface area contributed by atoms with Crippen molar-refractivity contribution >= 4 is 29.9 Å². The average Bonchev–Trinajstić information content (AvgIpc) is 3.06. The van der Waals surface area contributed by atoms with Crippen LogP contribution in [0, 0.1) is 11.8 Å². The van der Waals surface area contributed by atoms with Crippen LogP contribution in [0.4, 0.5) is 0 Å². The predicted octanol–water partition coefficient (Wildman–Crippen LogP) is 1.86. The number of rotatable bonds is 8. The summed E-state index contributed by atoms with van der Waals surface area (Å²) in [4.78, 5) is 9.55. The number of nitrogens with one attached hydrogen (secondary N) is 2. The first-order valence-electron chi connectivity index (χ1n) is 10.1. The maximum atomic E-state index is 5.50. The molecule has 2 aliphatic rings. The molecule has 2 atom stereocenters. The third kappa shape index (κ3) is 7.86. The van der Waals surface area contributed by atoms with Crippen LogP contribution in [-0.2, 0) is 4.74 Å². The third-order valence-electron chi connectivity index (χ3n) is 5.45. The largest absolute Gasteiger partial charge is 0.379 e. The number of guanidine groups is 1. The maximum absolute atomic E-state index is 5.50. The van der Waals surface area contributed by atoms with E-state index in [9.17, 15) is 0 Å². The molecule has 2 aliphatic heterocycles. The maximum Gasteiger partial charge on any atom is 0.191 e. The second-order valence-corrected chi connectivity index (χ2v) is 7.75. The van der Waals surface area contributed by atoms with Crippen LogP contribution in [-0.4, -0.2) is 87.9 Å². The Bertz CT molecular complexity index is 401. The van der Waals surface area contributed by atoms with Crippen LogP contribution in [0.1, 0.15) is 33.6 Å². The summed E-state index contributed by atoms with van der Waals surface area (Å²) < 4.78 is 5.50. The molecule has 6 nitrogen and oxygen atoms in total. The highest BCUT2D eigenvalue weighted by molar-refractivity contribution is 14.0. The molecule has 0 spiro atoms. The molecule has 0 aromatic rings. The van der Waals surface area contributed by atoms with Gasteiger partial charge < -0.3 is 20.3 Å². The molecule has 0 aliphatic carbocycles. The van der Waals surface area contributed by atoms with Gasteiger partial charge in [0.05, 0.1) is 13.2 Å². The lowest BCUT2D eigenvalue weighted by molar-refractivity contribution is 0.00752. The van der Waals surface area contributed by atoms with Gasteiger partial charge in [0, 0.05) is 45.8 Å². The molecule has 2 heterocycles. The van der Waals surface area contributed by atoms with Gasteiger partial charge in [-0.15, -0.1) is 24.0 Å². The van der Waals surface area contributed by atoms with E-state index >= 15 is 0 Å². The van der Waals surface area contributed by atoms with Crippen molar-refractivity contribution < 1.29 is 4.74 Å². The third-order valence-corrected chi connectivity index (χ3v) is 5.45. The van der Waals surface area contributed by atoms with Crippen molar-refractivity contribution in [2.75, 3.05) is 66.1 Å². The van der Waals surface area contributed by atoms with Crippen LogP contribution < -0.4 is 10.6 Å². The second-order valence-electron chi connectivity index (χ2n) is 7.75. The zero-order chi connectivity index (χ0) is 18.1. The Morgan fingerprint density at radius 1 is 1.19 bits per heavy atom. The fourth-order valence-electron chi connectivity index (χ4n) is 3.96. The monoisotopic (exact) mass is 481 g/mol. The van der Waals surface area contributed by atoms with Crippen molar-refractivity contribution in [3.8, 4) is 0 Å². The van der Waals surface area contributed by atoms with Crippen molar-refractivity contribution in [2.24, 2.45) is 16.8 Å². The molecule has 0 aromatic heterocycles. The van der Waals surface area contributed by atoms with Crippen molar-refractivity contribution in [1.82, 2.24) is 20.4 Å². The molecule has 2 unspecified atom stereocenters. The Morgan fingerprint density at radius 2 is 1.92 bits per heavy atom. The van der Waals surface area contributed by atoms with Gasteiger partial charge in [0.25, 0.3) is 0 Å². The highest BCUT2D eigenvalue weighted by atomic mass is 127. The molecule has 0 amide bonds. The van der Waals surface area contributed by atoms with E-state index in [0.29, 0.717) is 12.0 Å². The van der Waals surface area contributed by atoms with Gasteiger partial charge in [-0.25, -0.2) is 0 Å². The summed E-state index contributed by atoms with van der Waals surface area (Å²) in [5.74, 6) is 2.29. The standard InChI is InChI=1S/C19H39N5O.HI/c1-5-7-23-8-6-17(15-23)13-21-19(20-4)22-14-18(16(2)3)24-9-11-25-12-10-24;/h16-18H,5-15H2,1-4H3,(H2,20,21,22);1H. The van der Waals surface area contributed by atoms with Crippen LogP contribution in [0.25, 0.3) is 0 Å². The minimum atomic E-state index is 0. The fraction of sp³-hybridized carbons (Fsp3) is 0.947. The van der Waals surface area contributed by atoms with Gasteiger partial charge in [-0.05, 0) is 37.8 Å². The normalized spacial score (nSPS) is 23.7. The summed E-state index contributed by atoms with van der Waals surface area (Å²) >= 11 is 0.